The van der Waals surface area contributed by atoms with Gasteiger partial charge in [-0.25, -0.2) is 29.3 Å². The van der Waals surface area contributed by atoms with Crippen LogP contribution in [0.25, 0.3) is 33.9 Å². The van der Waals surface area contributed by atoms with E-state index in [-0.39, 0.29) is 12.0 Å². The topological polar surface area (TPSA) is 139 Å². The summed E-state index contributed by atoms with van der Waals surface area (Å²) in [6.07, 6.45) is 6.75. The summed E-state index contributed by atoms with van der Waals surface area (Å²) in [5, 5.41) is 9.21. The van der Waals surface area contributed by atoms with Gasteiger partial charge in [0.15, 0.2) is 5.65 Å². The van der Waals surface area contributed by atoms with Crippen molar-refractivity contribution in [3.05, 3.63) is 85.4 Å². The predicted molar refractivity (Wildman–Crippen MR) is 153 cm³/mol. The van der Waals surface area contributed by atoms with Gasteiger partial charge in [0.05, 0.1) is 29.3 Å². The molecule has 11 nitrogen and oxygen atoms in total. The Morgan fingerprint density at radius 1 is 0.976 bits per heavy atom. The Hall–Kier alpha value is -5.28. The van der Waals surface area contributed by atoms with Gasteiger partial charge in [-0.2, -0.15) is 5.26 Å². The molecule has 6 rings (SSSR count). The second kappa shape index (κ2) is 11.1. The molecule has 0 aliphatic carbocycles. The van der Waals surface area contributed by atoms with Crippen LogP contribution in [0.15, 0.2) is 73.7 Å². The summed E-state index contributed by atoms with van der Waals surface area (Å²) in [5.41, 5.74) is 9.52. The summed E-state index contributed by atoms with van der Waals surface area (Å²) in [5.74, 6) is 1.47. The molecule has 0 radical (unpaired) electrons. The molecule has 1 saturated heterocycles. The lowest BCUT2D eigenvalue weighted by atomic mass is 10.2. The zero-order valence-corrected chi connectivity index (χ0v) is 22.1. The molecule has 0 bridgehead atoms. The highest BCUT2D eigenvalue weighted by molar-refractivity contribution is 5.82. The molecule has 1 fully saturated rings. The normalized spacial score (nSPS) is 14.6. The zero-order chi connectivity index (χ0) is 28.3. The van der Waals surface area contributed by atoms with Gasteiger partial charge in [0.2, 0.25) is 5.82 Å². The highest BCUT2D eigenvalue weighted by Crippen LogP contribution is 2.34. The molecule has 5 aromatic heterocycles. The van der Waals surface area contributed by atoms with E-state index in [4.69, 9.17) is 15.7 Å². The first-order valence-electron chi connectivity index (χ1n) is 13.1. The molecule has 1 atom stereocenters. The summed E-state index contributed by atoms with van der Waals surface area (Å²) in [4.78, 5) is 31.3. The highest BCUT2D eigenvalue weighted by atomic mass is 19.1. The number of hydrogen-bond acceptors (Lipinski definition) is 10. The summed E-state index contributed by atoms with van der Waals surface area (Å²) >= 11 is 0. The van der Waals surface area contributed by atoms with Gasteiger partial charge < -0.3 is 10.6 Å². The van der Waals surface area contributed by atoms with Gasteiger partial charge >= 0.3 is 0 Å². The Labute approximate surface area is 235 Å². The number of halogens is 1. The Bertz CT molecular complexity index is 1750. The van der Waals surface area contributed by atoms with Crippen LogP contribution in [-0.4, -0.2) is 65.5 Å². The maximum absolute atomic E-state index is 13.6. The summed E-state index contributed by atoms with van der Waals surface area (Å²) < 4.78 is 15.7. The van der Waals surface area contributed by atoms with E-state index in [1.165, 1.54) is 12.3 Å². The Morgan fingerprint density at radius 3 is 2.54 bits per heavy atom. The number of anilines is 2. The number of nitrogens with zero attached hydrogens (tertiary/aromatic N) is 10. The van der Waals surface area contributed by atoms with Gasteiger partial charge in [0, 0.05) is 38.6 Å². The van der Waals surface area contributed by atoms with Crippen LogP contribution in [0.1, 0.15) is 18.4 Å². The Balaban J connectivity index is 1.42. The largest absolute Gasteiger partial charge is 0.383 e. The molecule has 0 saturated carbocycles. The molecule has 0 spiro atoms. The molecule has 6 heterocycles. The molecule has 1 unspecified atom stereocenters. The standard InChI is InChI=1S/C29H26FN11/c1-2-4-26(40-15-13-39(14-16-40)25-10-12-33-24(17-31)38-25)41-28(20-5-3-11-34-27(20)32)37-23-9-8-22(36-29(23)41)21-7-6-19(30)18-35-21/h2-3,5-12,18,26H,1,4,13-16H2,(H2,32,34). The zero-order valence-electron chi connectivity index (χ0n) is 22.1. The van der Waals surface area contributed by atoms with Gasteiger partial charge in [0.25, 0.3) is 0 Å². The third kappa shape index (κ3) is 5.06. The van der Waals surface area contributed by atoms with Crippen LogP contribution in [0.2, 0.25) is 0 Å². The molecule has 0 aromatic carbocycles. The molecule has 2 N–H and O–H groups in total. The minimum atomic E-state index is -0.412. The van der Waals surface area contributed by atoms with Crippen molar-refractivity contribution >= 4 is 22.8 Å². The third-order valence-corrected chi connectivity index (χ3v) is 7.08. The van der Waals surface area contributed by atoms with Crippen LogP contribution in [-0.2, 0) is 0 Å². The number of hydrogen-bond donors (Lipinski definition) is 1. The average molecular weight is 548 g/mol. The molecule has 1 aliphatic heterocycles. The van der Waals surface area contributed by atoms with Crippen LogP contribution in [0, 0.1) is 17.1 Å². The fourth-order valence-corrected chi connectivity index (χ4v) is 5.12. The number of piperazine rings is 1. The highest BCUT2D eigenvalue weighted by Gasteiger charge is 2.30. The third-order valence-electron chi connectivity index (χ3n) is 7.08. The van der Waals surface area contributed by atoms with E-state index in [0.717, 1.165) is 5.82 Å². The van der Waals surface area contributed by atoms with Crippen molar-refractivity contribution in [2.45, 2.75) is 12.6 Å². The average Bonchev–Trinajstić information content (AvgIpc) is 3.39. The Morgan fingerprint density at radius 2 is 1.80 bits per heavy atom. The monoisotopic (exact) mass is 547 g/mol. The molecule has 0 amide bonds. The molecule has 41 heavy (non-hydrogen) atoms. The van der Waals surface area contributed by atoms with E-state index in [1.54, 1.807) is 18.5 Å². The maximum Gasteiger partial charge on any atom is 0.234 e. The van der Waals surface area contributed by atoms with Gasteiger partial charge in [-0.3, -0.25) is 14.5 Å². The van der Waals surface area contributed by atoms with Crippen molar-refractivity contribution in [1.82, 2.24) is 39.4 Å². The first-order valence-corrected chi connectivity index (χ1v) is 13.1. The second-order valence-electron chi connectivity index (χ2n) is 9.52. The molecule has 1 aliphatic rings. The van der Waals surface area contributed by atoms with Crippen molar-refractivity contribution in [3.63, 3.8) is 0 Å². The number of nitrogens with two attached hydrogens (primary N) is 1. The lowest BCUT2D eigenvalue weighted by Crippen LogP contribution is -2.49. The van der Waals surface area contributed by atoms with E-state index >= 15 is 0 Å². The number of fused-ring (bicyclic) bond motifs is 1. The van der Waals surface area contributed by atoms with Gasteiger partial charge in [-0.1, -0.05) is 6.08 Å². The van der Waals surface area contributed by atoms with Crippen LogP contribution < -0.4 is 10.6 Å². The molecule has 12 heteroatoms. The van der Waals surface area contributed by atoms with Gasteiger partial charge in [0.1, 0.15) is 34.9 Å². The lowest BCUT2D eigenvalue weighted by molar-refractivity contribution is 0.136. The van der Waals surface area contributed by atoms with Crippen LogP contribution in [0.3, 0.4) is 0 Å². The fourth-order valence-electron chi connectivity index (χ4n) is 5.12. The SMILES string of the molecule is C=CCC(N1CCN(c2ccnc(C#N)n2)CC1)n1c(-c2cccnc2N)nc2ccc(-c3ccc(F)cn3)nc21. The second-order valence-corrected chi connectivity index (χ2v) is 9.52. The van der Waals surface area contributed by atoms with E-state index < -0.39 is 5.82 Å². The first kappa shape index (κ1) is 26.0. The number of rotatable bonds is 7. The van der Waals surface area contributed by atoms with Crippen molar-refractivity contribution in [2.24, 2.45) is 0 Å². The Kier molecular flexibility index (Phi) is 7.01. The number of nitrogen functional groups attached to an aromatic ring is 1. The van der Waals surface area contributed by atoms with Crippen molar-refractivity contribution in [2.75, 3.05) is 36.8 Å². The fraction of sp³-hybridized carbons (Fsp3) is 0.207. The molecular weight excluding hydrogens is 521 g/mol. The van der Waals surface area contributed by atoms with E-state index in [1.807, 2.05) is 42.5 Å². The smallest absolute Gasteiger partial charge is 0.234 e. The number of pyridine rings is 3. The van der Waals surface area contributed by atoms with Crippen LogP contribution in [0.5, 0.6) is 0 Å². The maximum atomic E-state index is 13.6. The molecule has 204 valence electrons. The first-order chi connectivity index (χ1) is 20.1. The number of imidazole rings is 1. The van der Waals surface area contributed by atoms with Crippen LogP contribution in [0.4, 0.5) is 16.0 Å². The van der Waals surface area contributed by atoms with Crippen LogP contribution >= 0.6 is 0 Å². The molecule has 5 aromatic rings. The predicted octanol–water partition coefficient (Wildman–Crippen LogP) is 3.84. The summed E-state index contributed by atoms with van der Waals surface area (Å²) in [6, 6.07) is 14.2. The minimum absolute atomic E-state index is 0.149. The number of nitriles is 1. The summed E-state index contributed by atoms with van der Waals surface area (Å²) in [7, 11) is 0. The van der Waals surface area contributed by atoms with E-state index in [2.05, 4.69) is 40.9 Å². The lowest BCUT2D eigenvalue weighted by Gasteiger charge is -2.40. The molecular formula is C29H26FN11. The van der Waals surface area contributed by atoms with Gasteiger partial charge in [-0.05, 0) is 48.9 Å². The van der Waals surface area contributed by atoms with Crippen molar-refractivity contribution in [3.8, 4) is 28.8 Å². The summed E-state index contributed by atoms with van der Waals surface area (Å²) in [6.45, 7) is 6.86. The number of aromatic nitrogens is 7. The van der Waals surface area contributed by atoms with E-state index in [9.17, 15) is 9.65 Å². The van der Waals surface area contributed by atoms with Gasteiger partial charge in [-0.15, -0.1) is 6.58 Å². The van der Waals surface area contributed by atoms with Crippen molar-refractivity contribution in [1.29, 1.82) is 5.26 Å². The minimum Gasteiger partial charge on any atom is -0.383 e. The van der Waals surface area contributed by atoms with E-state index in [0.29, 0.717) is 72.4 Å². The van der Waals surface area contributed by atoms with Crippen molar-refractivity contribution < 1.29 is 4.39 Å². The quantitative estimate of drug-likeness (QED) is 0.299.